The molecule has 104 valence electrons. The Morgan fingerprint density at radius 2 is 2.11 bits per heavy atom. The van der Waals surface area contributed by atoms with Crippen molar-refractivity contribution in [2.75, 3.05) is 7.11 Å². The fourth-order valence-electron chi connectivity index (χ4n) is 3.45. The zero-order valence-electron chi connectivity index (χ0n) is 11.0. The maximum Gasteiger partial charge on any atom is 0.175 e. The van der Waals surface area contributed by atoms with E-state index in [1.807, 2.05) is 6.07 Å². The normalized spacial score (nSPS) is 28.7. The van der Waals surface area contributed by atoms with Gasteiger partial charge in [0.05, 0.1) is 11.6 Å². The van der Waals surface area contributed by atoms with Crippen LogP contribution in [-0.4, -0.2) is 13.2 Å². The van der Waals surface area contributed by atoms with Crippen molar-refractivity contribution in [2.45, 2.75) is 37.1 Å². The van der Waals surface area contributed by atoms with Gasteiger partial charge in [0.2, 0.25) is 0 Å². The Labute approximate surface area is 131 Å². The third-order valence-electron chi connectivity index (χ3n) is 4.39. The van der Waals surface area contributed by atoms with Crippen molar-refractivity contribution in [3.05, 3.63) is 22.2 Å². The molecule has 0 N–H and O–H groups in total. The van der Waals surface area contributed by atoms with Crippen molar-refractivity contribution >= 4 is 31.9 Å². The molecule has 2 saturated carbocycles. The minimum Gasteiger partial charge on any atom is -0.493 e. The molecule has 19 heavy (non-hydrogen) atoms. The third kappa shape index (κ3) is 2.66. The summed E-state index contributed by atoms with van der Waals surface area (Å²) in [4.78, 5) is 0. The third-order valence-corrected chi connectivity index (χ3v) is 5.62. The summed E-state index contributed by atoms with van der Waals surface area (Å²) in [6, 6.07) is 4.14. The van der Waals surface area contributed by atoms with Gasteiger partial charge in [-0.2, -0.15) is 0 Å². The lowest BCUT2D eigenvalue weighted by Gasteiger charge is -2.25. The number of hydrogen-bond donors (Lipinski definition) is 0. The standard InChI is InChI=1S/C15H18Br2O2/c1-18-14-7-10(8-16)5-12(17)15(14)19-13-6-9-2-3-11(13)4-9/h5,7,9,11,13H,2-4,6,8H2,1H3. The van der Waals surface area contributed by atoms with Gasteiger partial charge >= 0.3 is 0 Å². The van der Waals surface area contributed by atoms with Gasteiger partial charge in [-0.1, -0.05) is 15.9 Å². The number of methoxy groups -OCH3 is 1. The van der Waals surface area contributed by atoms with E-state index in [-0.39, 0.29) is 0 Å². The summed E-state index contributed by atoms with van der Waals surface area (Å²) in [5.74, 6) is 3.33. The molecule has 1 aromatic rings. The van der Waals surface area contributed by atoms with E-state index < -0.39 is 0 Å². The molecule has 3 rings (SSSR count). The van der Waals surface area contributed by atoms with Crippen molar-refractivity contribution < 1.29 is 9.47 Å². The average Bonchev–Trinajstić information content (AvgIpc) is 3.03. The van der Waals surface area contributed by atoms with Crippen LogP contribution in [0.3, 0.4) is 0 Å². The summed E-state index contributed by atoms with van der Waals surface area (Å²) >= 11 is 7.09. The van der Waals surface area contributed by atoms with E-state index in [2.05, 4.69) is 37.9 Å². The van der Waals surface area contributed by atoms with E-state index in [9.17, 15) is 0 Å². The maximum atomic E-state index is 6.27. The molecule has 0 aliphatic heterocycles. The molecule has 2 bridgehead atoms. The second-order valence-corrected chi connectivity index (χ2v) is 6.99. The second kappa shape index (κ2) is 5.65. The molecule has 0 saturated heterocycles. The van der Waals surface area contributed by atoms with Crippen LogP contribution in [0.25, 0.3) is 0 Å². The molecule has 0 heterocycles. The van der Waals surface area contributed by atoms with Gasteiger partial charge in [0.25, 0.3) is 0 Å². The lowest BCUT2D eigenvalue weighted by molar-refractivity contribution is 0.132. The quantitative estimate of drug-likeness (QED) is 0.680. The minimum atomic E-state index is 0.374. The van der Waals surface area contributed by atoms with Crippen molar-refractivity contribution in [1.29, 1.82) is 0 Å². The summed E-state index contributed by atoms with van der Waals surface area (Å²) < 4.78 is 12.7. The van der Waals surface area contributed by atoms with Gasteiger partial charge in [-0.05, 0) is 71.1 Å². The second-order valence-electron chi connectivity index (χ2n) is 5.57. The molecule has 2 fully saturated rings. The van der Waals surface area contributed by atoms with Crippen LogP contribution in [0.15, 0.2) is 16.6 Å². The maximum absolute atomic E-state index is 6.27. The van der Waals surface area contributed by atoms with Crippen LogP contribution < -0.4 is 9.47 Å². The largest absolute Gasteiger partial charge is 0.493 e. The number of hydrogen-bond acceptors (Lipinski definition) is 2. The topological polar surface area (TPSA) is 18.5 Å². The fourth-order valence-corrected chi connectivity index (χ4v) is 4.35. The predicted molar refractivity (Wildman–Crippen MR) is 83.2 cm³/mol. The highest BCUT2D eigenvalue weighted by Crippen LogP contribution is 2.48. The van der Waals surface area contributed by atoms with Crippen molar-refractivity contribution in [3.8, 4) is 11.5 Å². The number of alkyl halides is 1. The van der Waals surface area contributed by atoms with Crippen LogP contribution in [0.2, 0.25) is 0 Å². The first-order chi connectivity index (χ1) is 9.21. The minimum absolute atomic E-state index is 0.374. The Morgan fingerprint density at radius 3 is 2.68 bits per heavy atom. The first-order valence-corrected chi connectivity index (χ1v) is 8.71. The first-order valence-electron chi connectivity index (χ1n) is 6.80. The van der Waals surface area contributed by atoms with E-state index in [4.69, 9.17) is 9.47 Å². The number of rotatable bonds is 4. The van der Waals surface area contributed by atoms with Crippen molar-refractivity contribution in [1.82, 2.24) is 0 Å². The SMILES string of the molecule is COc1cc(CBr)cc(Br)c1OC1CC2CCC1C2. The van der Waals surface area contributed by atoms with E-state index in [0.29, 0.717) is 6.10 Å². The fraction of sp³-hybridized carbons (Fsp3) is 0.600. The van der Waals surface area contributed by atoms with Crippen LogP contribution in [0.1, 0.15) is 31.2 Å². The van der Waals surface area contributed by atoms with Crippen LogP contribution in [0.5, 0.6) is 11.5 Å². The molecule has 3 unspecified atom stereocenters. The van der Waals surface area contributed by atoms with E-state index >= 15 is 0 Å². The molecule has 1 aromatic carbocycles. The molecule has 3 atom stereocenters. The van der Waals surface area contributed by atoms with Crippen molar-refractivity contribution in [2.24, 2.45) is 11.8 Å². The number of fused-ring (bicyclic) bond motifs is 2. The molecule has 0 spiro atoms. The Bertz CT molecular complexity index is 475. The van der Waals surface area contributed by atoms with Crippen LogP contribution in [0.4, 0.5) is 0 Å². The number of halogens is 2. The lowest BCUT2D eigenvalue weighted by Crippen LogP contribution is -2.23. The van der Waals surface area contributed by atoms with Crippen molar-refractivity contribution in [3.63, 3.8) is 0 Å². The van der Waals surface area contributed by atoms with E-state index in [1.165, 1.54) is 31.2 Å². The molecular formula is C15H18Br2O2. The Morgan fingerprint density at radius 1 is 1.26 bits per heavy atom. The van der Waals surface area contributed by atoms with Gasteiger partial charge in [0.1, 0.15) is 6.10 Å². The molecule has 2 aliphatic carbocycles. The van der Waals surface area contributed by atoms with Gasteiger partial charge in [-0.3, -0.25) is 0 Å². The van der Waals surface area contributed by atoms with Crippen LogP contribution in [0, 0.1) is 11.8 Å². The molecule has 2 aliphatic rings. The summed E-state index contributed by atoms with van der Waals surface area (Å²) in [7, 11) is 1.70. The van der Waals surface area contributed by atoms with Crippen LogP contribution in [-0.2, 0) is 5.33 Å². The number of benzene rings is 1. The molecule has 4 heteroatoms. The molecule has 2 nitrogen and oxygen atoms in total. The van der Waals surface area contributed by atoms with Gasteiger partial charge in [0.15, 0.2) is 11.5 Å². The predicted octanol–water partition coefficient (Wildman–Crippen LogP) is 4.92. The summed E-state index contributed by atoms with van der Waals surface area (Å²) in [6.45, 7) is 0. The number of ether oxygens (including phenoxy) is 2. The Hall–Kier alpha value is -0.220. The molecule has 0 radical (unpaired) electrons. The average molecular weight is 390 g/mol. The molecular weight excluding hydrogens is 372 g/mol. The zero-order valence-corrected chi connectivity index (χ0v) is 14.2. The Balaban J connectivity index is 1.83. The van der Waals surface area contributed by atoms with Gasteiger partial charge in [-0.15, -0.1) is 0 Å². The highest BCUT2D eigenvalue weighted by atomic mass is 79.9. The van der Waals surface area contributed by atoms with Gasteiger partial charge in [-0.25, -0.2) is 0 Å². The Kier molecular flexibility index (Phi) is 4.08. The highest BCUT2D eigenvalue weighted by Gasteiger charge is 2.41. The summed E-state index contributed by atoms with van der Waals surface area (Å²) in [6.07, 6.45) is 5.66. The van der Waals surface area contributed by atoms with E-state index in [0.717, 1.165) is 33.1 Å². The molecule has 0 aromatic heterocycles. The highest BCUT2D eigenvalue weighted by molar-refractivity contribution is 9.10. The van der Waals surface area contributed by atoms with Gasteiger partial charge in [0, 0.05) is 5.33 Å². The van der Waals surface area contributed by atoms with Crippen LogP contribution >= 0.6 is 31.9 Å². The summed E-state index contributed by atoms with van der Waals surface area (Å²) in [5, 5.41) is 0.816. The smallest absolute Gasteiger partial charge is 0.175 e. The summed E-state index contributed by atoms with van der Waals surface area (Å²) in [5.41, 5.74) is 1.18. The van der Waals surface area contributed by atoms with E-state index in [1.54, 1.807) is 7.11 Å². The van der Waals surface area contributed by atoms with Gasteiger partial charge < -0.3 is 9.47 Å². The zero-order chi connectivity index (χ0) is 13.4. The monoisotopic (exact) mass is 388 g/mol. The first kappa shape index (κ1) is 13.7. The molecule has 0 amide bonds. The lowest BCUT2D eigenvalue weighted by atomic mass is 9.98.